The highest BCUT2D eigenvalue weighted by Gasteiger charge is 2.34. The van der Waals surface area contributed by atoms with Gasteiger partial charge in [-0.2, -0.15) is 0 Å². The van der Waals surface area contributed by atoms with E-state index < -0.39 is 0 Å². The van der Waals surface area contributed by atoms with Crippen LogP contribution in [-0.4, -0.2) is 42.0 Å². The van der Waals surface area contributed by atoms with Crippen LogP contribution < -0.4 is 10.6 Å². The molecule has 2 rings (SSSR count). The van der Waals surface area contributed by atoms with Crippen LogP contribution in [0.4, 0.5) is 4.79 Å². The van der Waals surface area contributed by atoms with Crippen LogP contribution in [0.1, 0.15) is 64.7 Å². The summed E-state index contributed by atoms with van der Waals surface area (Å²) in [5.41, 5.74) is 0. The number of unbranched alkanes of at least 4 members (excludes halogenated alkanes) is 1. The van der Waals surface area contributed by atoms with Gasteiger partial charge in [0.25, 0.3) is 0 Å². The summed E-state index contributed by atoms with van der Waals surface area (Å²) < 4.78 is 0. The van der Waals surface area contributed by atoms with Crippen LogP contribution >= 0.6 is 0 Å². The minimum atomic E-state index is -0.135. The molecule has 21 heavy (non-hydrogen) atoms. The number of carbonyl (C=O) groups excluding carboxylic acids is 2. The van der Waals surface area contributed by atoms with Gasteiger partial charge in [0.15, 0.2) is 0 Å². The van der Waals surface area contributed by atoms with E-state index in [-0.39, 0.29) is 18.0 Å². The van der Waals surface area contributed by atoms with Gasteiger partial charge in [-0.05, 0) is 19.3 Å². The van der Waals surface area contributed by atoms with Crippen molar-refractivity contribution in [3.63, 3.8) is 0 Å². The van der Waals surface area contributed by atoms with Crippen LogP contribution in [0, 0.1) is 0 Å². The second-order valence-corrected chi connectivity index (χ2v) is 6.35. The van der Waals surface area contributed by atoms with Crippen molar-refractivity contribution < 1.29 is 9.59 Å². The summed E-state index contributed by atoms with van der Waals surface area (Å²) in [6.45, 7) is 3.49. The molecule has 3 amide bonds. The molecule has 1 aliphatic carbocycles. The fraction of sp³-hybridized carbons (Fsp3) is 0.875. The Morgan fingerprint density at radius 2 is 1.95 bits per heavy atom. The Morgan fingerprint density at radius 1 is 1.24 bits per heavy atom. The molecule has 2 N–H and O–H groups in total. The van der Waals surface area contributed by atoms with E-state index in [9.17, 15) is 9.59 Å². The maximum absolute atomic E-state index is 12.2. The Balaban J connectivity index is 1.77. The van der Waals surface area contributed by atoms with Gasteiger partial charge in [-0.25, -0.2) is 4.79 Å². The molecule has 5 heteroatoms. The molecule has 1 aliphatic heterocycles. The topological polar surface area (TPSA) is 61.4 Å². The van der Waals surface area contributed by atoms with Crippen LogP contribution in [0.5, 0.6) is 0 Å². The average Bonchev–Trinajstić information content (AvgIpc) is 2.67. The average molecular weight is 295 g/mol. The molecule has 1 atom stereocenters. The summed E-state index contributed by atoms with van der Waals surface area (Å²) in [6.07, 6.45) is 9.80. The largest absolute Gasteiger partial charge is 0.338 e. The molecule has 120 valence electrons. The normalized spacial score (nSPS) is 24.0. The van der Waals surface area contributed by atoms with Crippen molar-refractivity contribution in [1.29, 1.82) is 0 Å². The third-order valence-electron chi connectivity index (χ3n) is 4.58. The zero-order chi connectivity index (χ0) is 15.1. The summed E-state index contributed by atoms with van der Waals surface area (Å²) >= 11 is 0. The van der Waals surface area contributed by atoms with E-state index >= 15 is 0 Å². The van der Waals surface area contributed by atoms with Crippen molar-refractivity contribution in [3.05, 3.63) is 0 Å². The zero-order valence-corrected chi connectivity index (χ0v) is 13.2. The van der Waals surface area contributed by atoms with Gasteiger partial charge in [0.2, 0.25) is 5.91 Å². The maximum atomic E-state index is 12.2. The number of rotatable bonds is 5. The summed E-state index contributed by atoms with van der Waals surface area (Å²) in [5.74, 6) is 0.209. The first-order chi connectivity index (χ1) is 10.2. The van der Waals surface area contributed by atoms with Gasteiger partial charge in [0.1, 0.15) is 0 Å². The lowest BCUT2D eigenvalue weighted by Gasteiger charge is -2.27. The predicted molar refractivity (Wildman–Crippen MR) is 83.1 cm³/mol. The van der Waals surface area contributed by atoms with E-state index in [0.29, 0.717) is 25.6 Å². The van der Waals surface area contributed by atoms with Crippen molar-refractivity contribution in [2.75, 3.05) is 13.1 Å². The molecule has 1 unspecified atom stereocenters. The van der Waals surface area contributed by atoms with Gasteiger partial charge in [-0.15, -0.1) is 0 Å². The first-order valence-electron chi connectivity index (χ1n) is 8.54. The summed E-state index contributed by atoms with van der Waals surface area (Å²) in [4.78, 5) is 26.0. The van der Waals surface area contributed by atoms with Gasteiger partial charge in [-0.3, -0.25) is 4.79 Å². The zero-order valence-electron chi connectivity index (χ0n) is 13.2. The first-order valence-corrected chi connectivity index (χ1v) is 8.54. The minimum absolute atomic E-state index is 0.0256. The van der Waals surface area contributed by atoms with E-state index in [0.717, 1.165) is 25.7 Å². The Morgan fingerprint density at radius 3 is 2.62 bits per heavy atom. The first kappa shape index (κ1) is 16.1. The fourth-order valence-electron chi connectivity index (χ4n) is 3.37. The van der Waals surface area contributed by atoms with Crippen molar-refractivity contribution in [2.45, 2.75) is 76.8 Å². The summed E-state index contributed by atoms with van der Waals surface area (Å²) in [7, 11) is 0. The highest BCUT2D eigenvalue weighted by Crippen LogP contribution is 2.25. The number of hydrogen-bond acceptors (Lipinski definition) is 2. The third kappa shape index (κ3) is 4.90. The molecule has 1 heterocycles. The molecule has 2 aliphatic rings. The molecule has 5 nitrogen and oxygen atoms in total. The molecule has 2 fully saturated rings. The Hall–Kier alpha value is -1.26. The van der Waals surface area contributed by atoms with E-state index in [4.69, 9.17) is 0 Å². The lowest BCUT2D eigenvalue weighted by molar-refractivity contribution is -0.129. The van der Waals surface area contributed by atoms with Crippen LogP contribution in [0.25, 0.3) is 0 Å². The molecule has 0 spiro atoms. The SMILES string of the molecule is CCCCNC(=O)NC1CC(=O)N(C2CCCCCC2)C1. The number of nitrogens with one attached hydrogen (secondary N) is 2. The molecule has 0 radical (unpaired) electrons. The monoisotopic (exact) mass is 295 g/mol. The standard InChI is InChI=1S/C16H29N3O2/c1-2-3-10-17-16(21)18-13-11-15(20)19(12-13)14-8-6-4-5-7-9-14/h13-14H,2-12H2,1H3,(H2,17,18,21). The lowest BCUT2D eigenvalue weighted by atomic mass is 10.1. The van der Waals surface area contributed by atoms with Gasteiger partial charge >= 0.3 is 6.03 Å². The molecule has 1 saturated carbocycles. The van der Waals surface area contributed by atoms with Crippen LogP contribution in [0.15, 0.2) is 0 Å². The van der Waals surface area contributed by atoms with Crippen molar-refractivity contribution in [2.24, 2.45) is 0 Å². The summed E-state index contributed by atoms with van der Waals surface area (Å²) in [6, 6.07) is 0.237. The van der Waals surface area contributed by atoms with Crippen molar-refractivity contribution in [3.8, 4) is 0 Å². The Labute approximate surface area is 127 Å². The second kappa shape index (κ2) is 8.25. The summed E-state index contributed by atoms with van der Waals surface area (Å²) in [5, 5.41) is 5.79. The minimum Gasteiger partial charge on any atom is -0.338 e. The number of carbonyl (C=O) groups is 2. The van der Waals surface area contributed by atoms with Crippen molar-refractivity contribution >= 4 is 11.9 Å². The van der Waals surface area contributed by atoms with Crippen LogP contribution in [0.3, 0.4) is 0 Å². The molecule has 1 saturated heterocycles. The maximum Gasteiger partial charge on any atom is 0.315 e. The molecule has 0 aromatic rings. The third-order valence-corrected chi connectivity index (χ3v) is 4.58. The van der Waals surface area contributed by atoms with Crippen LogP contribution in [-0.2, 0) is 4.79 Å². The quantitative estimate of drug-likeness (QED) is 0.604. The smallest absolute Gasteiger partial charge is 0.315 e. The molecule has 0 aromatic carbocycles. The Kier molecular flexibility index (Phi) is 6.33. The number of amides is 3. The molecular weight excluding hydrogens is 266 g/mol. The second-order valence-electron chi connectivity index (χ2n) is 6.35. The molecule has 0 bridgehead atoms. The van der Waals surface area contributed by atoms with Crippen LogP contribution in [0.2, 0.25) is 0 Å². The number of hydrogen-bond donors (Lipinski definition) is 2. The number of likely N-dealkylation sites (tertiary alicyclic amines) is 1. The fourth-order valence-corrected chi connectivity index (χ4v) is 3.37. The molecular formula is C16H29N3O2. The van der Waals surface area contributed by atoms with E-state index in [1.807, 2.05) is 4.90 Å². The lowest BCUT2D eigenvalue weighted by Crippen LogP contribution is -2.44. The van der Waals surface area contributed by atoms with E-state index in [1.165, 1.54) is 25.7 Å². The highest BCUT2D eigenvalue weighted by atomic mass is 16.2. The molecule has 0 aromatic heterocycles. The number of nitrogens with zero attached hydrogens (tertiary/aromatic N) is 1. The highest BCUT2D eigenvalue weighted by molar-refractivity contribution is 5.81. The predicted octanol–water partition coefficient (Wildman–Crippen LogP) is 2.41. The van der Waals surface area contributed by atoms with E-state index in [2.05, 4.69) is 17.6 Å². The van der Waals surface area contributed by atoms with Gasteiger partial charge < -0.3 is 15.5 Å². The number of urea groups is 1. The van der Waals surface area contributed by atoms with Crippen molar-refractivity contribution in [1.82, 2.24) is 15.5 Å². The van der Waals surface area contributed by atoms with Gasteiger partial charge in [0, 0.05) is 25.6 Å². The van der Waals surface area contributed by atoms with Gasteiger partial charge in [-0.1, -0.05) is 39.0 Å². The Bertz CT molecular complexity index is 351. The van der Waals surface area contributed by atoms with Gasteiger partial charge in [0.05, 0.1) is 6.04 Å². The van der Waals surface area contributed by atoms with E-state index in [1.54, 1.807) is 0 Å².